The third-order valence-corrected chi connectivity index (χ3v) is 5.85. The van der Waals surface area contributed by atoms with E-state index in [0.717, 1.165) is 36.5 Å². The molecule has 0 amide bonds. The maximum Gasteiger partial charge on any atom is 0.300 e. The summed E-state index contributed by atoms with van der Waals surface area (Å²) in [5, 5.41) is 17.1. The second kappa shape index (κ2) is 6.30. The van der Waals surface area contributed by atoms with Gasteiger partial charge in [-0.3, -0.25) is 4.79 Å². The van der Waals surface area contributed by atoms with Crippen LogP contribution in [0.25, 0.3) is 0 Å². The number of aliphatic hydroxyl groups excluding tert-OH is 1. The van der Waals surface area contributed by atoms with Gasteiger partial charge in [0, 0.05) is 13.5 Å². The summed E-state index contributed by atoms with van der Waals surface area (Å²) in [6.07, 6.45) is 6.92. The van der Waals surface area contributed by atoms with Crippen molar-refractivity contribution >= 4 is 5.97 Å². The number of carboxylic acid groups (broad SMARTS) is 1. The average molecular weight is 280 g/mol. The van der Waals surface area contributed by atoms with E-state index in [1.807, 2.05) is 0 Å². The zero-order chi connectivity index (χ0) is 14.9. The number of hydrogen-bond donors (Lipinski definition) is 2. The van der Waals surface area contributed by atoms with E-state index in [-0.39, 0.29) is 0 Å². The van der Waals surface area contributed by atoms with E-state index in [1.165, 1.54) is 37.7 Å². The smallest absolute Gasteiger partial charge is 0.300 e. The Morgan fingerprint density at radius 2 is 1.65 bits per heavy atom. The molecule has 0 aromatic heterocycles. The van der Waals surface area contributed by atoms with Gasteiger partial charge in [0.2, 0.25) is 0 Å². The maximum atomic E-state index is 9.66. The van der Waals surface area contributed by atoms with Crippen LogP contribution < -0.4 is 0 Å². The van der Waals surface area contributed by atoms with Gasteiger partial charge in [-0.15, -0.1) is 0 Å². The van der Waals surface area contributed by atoms with E-state index >= 15 is 0 Å². The van der Waals surface area contributed by atoms with E-state index in [4.69, 9.17) is 9.90 Å². The maximum absolute atomic E-state index is 9.66. The predicted octanol–water partition coefficient (Wildman–Crippen LogP) is 3.33. The molecular weight excluding hydrogens is 252 g/mol. The van der Waals surface area contributed by atoms with Gasteiger partial charge in [0.05, 0.1) is 0 Å². The Morgan fingerprint density at radius 3 is 2.20 bits per heavy atom. The number of aliphatic carboxylic acids is 1. The fraction of sp³-hybridized carbons (Fsp3) is 0.824. The molecular formula is C17H28O3. The van der Waals surface area contributed by atoms with Gasteiger partial charge in [-0.05, 0) is 74.5 Å². The number of rotatable bonds is 2. The second-order valence-corrected chi connectivity index (χ2v) is 7.04. The minimum absolute atomic E-state index is 0.432. The van der Waals surface area contributed by atoms with Gasteiger partial charge in [-0.2, -0.15) is 0 Å². The van der Waals surface area contributed by atoms with E-state index < -0.39 is 5.97 Å². The number of carboxylic acids is 1. The van der Waals surface area contributed by atoms with Crippen LogP contribution in [0.5, 0.6) is 0 Å². The summed E-state index contributed by atoms with van der Waals surface area (Å²) < 4.78 is 0. The van der Waals surface area contributed by atoms with Crippen LogP contribution >= 0.6 is 0 Å². The molecule has 2 N–H and O–H groups in total. The number of allylic oxidation sites excluding steroid dienone is 1. The van der Waals surface area contributed by atoms with Gasteiger partial charge < -0.3 is 10.2 Å². The number of fused-ring (bicyclic) bond motifs is 4. The Morgan fingerprint density at radius 1 is 1.10 bits per heavy atom. The molecule has 114 valence electrons. The molecule has 0 aromatic carbocycles. The number of aliphatic hydroxyl groups is 1. The van der Waals surface area contributed by atoms with Crippen LogP contribution in [0.4, 0.5) is 0 Å². The van der Waals surface area contributed by atoms with Crippen molar-refractivity contribution < 1.29 is 15.0 Å². The van der Waals surface area contributed by atoms with Crippen LogP contribution in [0.2, 0.25) is 0 Å². The van der Waals surface area contributed by atoms with Crippen LogP contribution in [0, 0.1) is 35.5 Å². The zero-order valence-electron chi connectivity index (χ0n) is 12.7. The third-order valence-electron chi connectivity index (χ3n) is 5.85. The van der Waals surface area contributed by atoms with Crippen molar-refractivity contribution in [3.05, 3.63) is 12.2 Å². The molecule has 0 heterocycles. The normalized spacial score (nSPS) is 41.5. The molecule has 3 fully saturated rings. The first kappa shape index (κ1) is 15.6. The van der Waals surface area contributed by atoms with E-state index in [1.54, 1.807) is 0 Å². The molecule has 3 saturated carbocycles. The molecule has 3 aliphatic rings. The summed E-state index contributed by atoms with van der Waals surface area (Å²) in [7, 11) is 0. The zero-order valence-corrected chi connectivity index (χ0v) is 12.7. The highest BCUT2D eigenvalue weighted by Crippen LogP contribution is 2.59. The van der Waals surface area contributed by atoms with Gasteiger partial charge in [-0.25, -0.2) is 0 Å². The molecule has 0 saturated heterocycles. The summed E-state index contributed by atoms with van der Waals surface area (Å²) in [6, 6.07) is 0. The Hall–Kier alpha value is -0.830. The van der Waals surface area contributed by atoms with Gasteiger partial charge in [0.25, 0.3) is 5.97 Å². The van der Waals surface area contributed by atoms with Crippen LogP contribution in [-0.2, 0) is 4.79 Å². The average Bonchev–Trinajstić information content (AvgIpc) is 2.95. The minimum Gasteiger partial charge on any atom is -0.481 e. The van der Waals surface area contributed by atoms with Gasteiger partial charge in [-0.1, -0.05) is 12.2 Å². The Balaban J connectivity index is 0.000000328. The molecule has 6 atom stereocenters. The molecule has 20 heavy (non-hydrogen) atoms. The lowest BCUT2D eigenvalue weighted by atomic mass is 9.67. The van der Waals surface area contributed by atoms with Gasteiger partial charge in [0.15, 0.2) is 0 Å². The van der Waals surface area contributed by atoms with E-state index in [2.05, 4.69) is 13.5 Å². The Labute approximate surface area is 122 Å². The summed E-state index contributed by atoms with van der Waals surface area (Å²) in [4.78, 5) is 9.00. The first-order chi connectivity index (χ1) is 9.43. The lowest BCUT2D eigenvalue weighted by Gasteiger charge is -2.38. The summed E-state index contributed by atoms with van der Waals surface area (Å²) in [6.45, 7) is 7.85. The van der Waals surface area contributed by atoms with Crippen molar-refractivity contribution in [2.45, 2.75) is 46.0 Å². The van der Waals surface area contributed by atoms with Crippen molar-refractivity contribution in [3.8, 4) is 0 Å². The van der Waals surface area contributed by atoms with Crippen molar-refractivity contribution in [2.24, 2.45) is 35.5 Å². The fourth-order valence-corrected chi connectivity index (χ4v) is 5.00. The Bertz CT molecular complexity index is 372. The van der Waals surface area contributed by atoms with Crippen LogP contribution in [0.15, 0.2) is 12.2 Å². The van der Waals surface area contributed by atoms with Crippen LogP contribution in [0.1, 0.15) is 46.0 Å². The molecule has 3 rings (SSSR count). The highest BCUT2D eigenvalue weighted by Gasteiger charge is 2.51. The molecule has 3 heteroatoms. The monoisotopic (exact) mass is 280 g/mol. The number of hydrogen-bond acceptors (Lipinski definition) is 2. The highest BCUT2D eigenvalue weighted by molar-refractivity contribution is 5.62. The molecule has 6 unspecified atom stereocenters. The van der Waals surface area contributed by atoms with Crippen molar-refractivity contribution in [1.29, 1.82) is 0 Å². The van der Waals surface area contributed by atoms with Crippen molar-refractivity contribution in [2.75, 3.05) is 6.61 Å². The third kappa shape index (κ3) is 3.08. The first-order valence-corrected chi connectivity index (χ1v) is 7.89. The second-order valence-electron chi connectivity index (χ2n) is 7.04. The summed E-state index contributed by atoms with van der Waals surface area (Å²) in [5.41, 5.74) is 1.38. The lowest BCUT2D eigenvalue weighted by Crippen LogP contribution is -2.34. The molecule has 0 aliphatic heterocycles. The fourth-order valence-electron chi connectivity index (χ4n) is 5.00. The van der Waals surface area contributed by atoms with E-state index in [0.29, 0.717) is 12.5 Å². The standard InChI is InChI=1S/C15H24O.C2H4O2/c1-9(2)12-6-13-10-3-4-11(5-10)15(8-16)14(13)7-12;1-2(3)4/h10-16H,1,3-8H2,2H3;1H3,(H,3,4). The molecule has 0 spiro atoms. The molecule has 3 nitrogen and oxygen atoms in total. The highest BCUT2D eigenvalue weighted by atomic mass is 16.4. The molecule has 3 aliphatic carbocycles. The van der Waals surface area contributed by atoms with Crippen molar-refractivity contribution in [3.63, 3.8) is 0 Å². The van der Waals surface area contributed by atoms with Gasteiger partial charge >= 0.3 is 0 Å². The van der Waals surface area contributed by atoms with E-state index in [9.17, 15) is 5.11 Å². The topological polar surface area (TPSA) is 57.5 Å². The minimum atomic E-state index is -0.833. The first-order valence-electron chi connectivity index (χ1n) is 7.89. The molecule has 2 bridgehead atoms. The van der Waals surface area contributed by atoms with Crippen LogP contribution in [-0.4, -0.2) is 22.8 Å². The summed E-state index contributed by atoms with van der Waals surface area (Å²) >= 11 is 0. The quantitative estimate of drug-likeness (QED) is 0.763. The predicted molar refractivity (Wildman–Crippen MR) is 79.2 cm³/mol. The van der Waals surface area contributed by atoms with Crippen molar-refractivity contribution in [1.82, 2.24) is 0 Å². The summed E-state index contributed by atoms with van der Waals surface area (Å²) in [5.74, 6) is 4.11. The van der Waals surface area contributed by atoms with Gasteiger partial charge in [0.1, 0.15) is 0 Å². The SMILES string of the molecule is C=C(C)C1CC2C3CCC(C3)C(CO)C2C1.CC(=O)O. The molecule has 0 aromatic rings. The largest absolute Gasteiger partial charge is 0.481 e. The van der Waals surface area contributed by atoms with Crippen LogP contribution in [0.3, 0.4) is 0 Å². The molecule has 0 radical (unpaired) electrons. The number of carbonyl (C=O) groups is 1. The lowest BCUT2D eigenvalue weighted by molar-refractivity contribution is -0.134. The Kier molecular flexibility index (Phi) is 4.90.